The third-order valence-electron chi connectivity index (χ3n) is 2.23. The van der Waals surface area contributed by atoms with Crippen LogP contribution >= 0.6 is 11.3 Å². The van der Waals surface area contributed by atoms with Crippen molar-refractivity contribution in [3.8, 4) is 0 Å². The van der Waals surface area contributed by atoms with Gasteiger partial charge >= 0.3 is 0 Å². The first-order valence-electron chi connectivity index (χ1n) is 5.60. The normalized spacial score (nSPS) is 13.3. The highest BCUT2D eigenvalue weighted by Crippen LogP contribution is 2.17. The average molecular weight is 227 g/mol. The second-order valence-corrected chi connectivity index (χ2v) is 4.82. The summed E-state index contributed by atoms with van der Waals surface area (Å²) >= 11 is 1.73. The minimum atomic E-state index is 0.416. The molecule has 1 aromatic rings. The number of aromatic nitrogens is 1. The molecule has 1 heterocycles. The quantitative estimate of drug-likeness (QED) is 0.701. The SMILES string of the molecule is CCC(NCCNC(C)C)c1nccs1. The summed E-state index contributed by atoms with van der Waals surface area (Å²) in [4.78, 5) is 4.34. The fraction of sp³-hybridized carbons (Fsp3) is 0.727. The molecule has 0 radical (unpaired) electrons. The smallest absolute Gasteiger partial charge is 0.109 e. The van der Waals surface area contributed by atoms with Crippen molar-refractivity contribution in [1.82, 2.24) is 15.6 Å². The zero-order valence-corrected chi connectivity index (χ0v) is 10.6. The Kier molecular flexibility index (Phi) is 5.83. The van der Waals surface area contributed by atoms with E-state index >= 15 is 0 Å². The molecule has 0 aromatic carbocycles. The van der Waals surface area contributed by atoms with Gasteiger partial charge in [-0.2, -0.15) is 0 Å². The van der Waals surface area contributed by atoms with Crippen LogP contribution in [-0.2, 0) is 0 Å². The maximum atomic E-state index is 4.34. The summed E-state index contributed by atoms with van der Waals surface area (Å²) in [6.45, 7) is 8.53. The lowest BCUT2D eigenvalue weighted by Gasteiger charge is -2.15. The molecule has 0 aliphatic rings. The minimum Gasteiger partial charge on any atom is -0.313 e. The van der Waals surface area contributed by atoms with Crippen LogP contribution in [-0.4, -0.2) is 24.1 Å². The van der Waals surface area contributed by atoms with Crippen molar-refractivity contribution in [3.63, 3.8) is 0 Å². The van der Waals surface area contributed by atoms with Crippen LogP contribution in [0.1, 0.15) is 38.2 Å². The zero-order chi connectivity index (χ0) is 11.1. The van der Waals surface area contributed by atoms with Gasteiger partial charge in [-0.1, -0.05) is 20.8 Å². The van der Waals surface area contributed by atoms with E-state index in [-0.39, 0.29) is 0 Å². The molecule has 0 saturated carbocycles. The molecule has 1 unspecified atom stereocenters. The van der Waals surface area contributed by atoms with Gasteiger partial charge in [0.1, 0.15) is 5.01 Å². The Hall–Kier alpha value is -0.450. The van der Waals surface area contributed by atoms with E-state index in [1.807, 2.05) is 11.6 Å². The highest BCUT2D eigenvalue weighted by molar-refractivity contribution is 7.09. The van der Waals surface area contributed by atoms with Crippen molar-refractivity contribution in [2.24, 2.45) is 0 Å². The van der Waals surface area contributed by atoms with Gasteiger partial charge in [-0.25, -0.2) is 4.98 Å². The first kappa shape index (κ1) is 12.6. The second kappa shape index (κ2) is 6.93. The summed E-state index contributed by atoms with van der Waals surface area (Å²) in [6.07, 6.45) is 2.96. The molecule has 0 aliphatic heterocycles. The molecule has 0 amide bonds. The second-order valence-electron chi connectivity index (χ2n) is 3.89. The Morgan fingerprint density at radius 1 is 1.33 bits per heavy atom. The van der Waals surface area contributed by atoms with Crippen LogP contribution in [0.4, 0.5) is 0 Å². The molecular weight excluding hydrogens is 206 g/mol. The topological polar surface area (TPSA) is 37.0 Å². The van der Waals surface area contributed by atoms with Gasteiger partial charge in [0.05, 0.1) is 6.04 Å². The van der Waals surface area contributed by atoms with E-state index in [0.29, 0.717) is 12.1 Å². The zero-order valence-electron chi connectivity index (χ0n) is 9.79. The summed E-state index contributed by atoms with van der Waals surface area (Å²) < 4.78 is 0. The lowest BCUT2D eigenvalue weighted by Crippen LogP contribution is -2.33. The van der Waals surface area contributed by atoms with Crippen LogP contribution in [0, 0.1) is 0 Å². The summed E-state index contributed by atoms with van der Waals surface area (Å²) in [6, 6.07) is 0.978. The molecular formula is C11H21N3S. The maximum Gasteiger partial charge on any atom is 0.109 e. The Balaban J connectivity index is 2.23. The number of hydrogen-bond acceptors (Lipinski definition) is 4. The van der Waals surface area contributed by atoms with Crippen LogP contribution in [0.3, 0.4) is 0 Å². The lowest BCUT2D eigenvalue weighted by atomic mass is 10.2. The standard InChI is InChI=1S/C11H21N3S/c1-4-10(11-14-7-8-15-11)13-6-5-12-9(2)3/h7-10,12-13H,4-6H2,1-3H3. The molecule has 0 bridgehead atoms. The van der Waals surface area contributed by atoms with E-state index in [2.05, 4.69) is 36.4 Å². The molecule has 15 heavy (non-hydrogen) atoms. The van der Waals surface area contributed by atoms with Gasteiger partial charge in [0.25, 0.3) is 0 Å². The molecule has 0 fully saturated rings. The molecule has 4 heteroatoms. The highest BCUT2D eigenvalue weighted by Gasteiger charge is 2.10. The lowest BCUT2D eigenvalue weighted by molar-refractivity contribution is 0.487. The molecule has 1 rings (SSSR count). The number of hydrogen-bond donors (Lipinski definition) is 2. The first-order chi connectivity index (χ1) is 7.24. The number of rotatable bonds is 7. The Morgan fingerprint density at radius 2 is 2.07 bits per heavy atom. The molecule has 3 nitrogen and oxygen atoms in total. The Labute approximate surface area is 96.3 Å². The average Bonchev–Trinajstić information content (AvgIpc) is 2.70. The summed E-state index contributed by atoms with van der Waals surface area (Å²) in [5, 5.41) is 10.1. The Bertz CT molecular complexity index is 246. The molecule has 0 aliphatic carbocycles. The van der Waals surface area contributed by atoms with Gasteiger partial charge in [0.2, 0.25) is 0 Å². The van der Waals surface area contributed by atoms with Gasteiger partial charge in [-0.15, -0.1) is 11.3 Å². The Morgan fingerprint density at radius 3 is 2.60 bits per heavy atom. The predicted molar refractivity (Wildman–Crippen MR) is 66.3 cm³/mol. The van der Waals surface area contributed by atoms with Crippen LogP contribution in [0.5, 0.6) is 0 Å². The van der Waals surface area contributed by atoms with Crippen molar-refractivity contribution < 1.29 is 0 Å². The molecule has 1 aromatic heterocycles. The third-order valence-corrected chi connectivity index (χ3v) is 3.12. The first-order valence-corrected chi connectivity index (χ1v) is 6.48. The van der Waals surface area contributed by atoms with Gasteiger partial charge in [0.15, 0.2) is 0 Å². The number of nitrogens with zero attached hydrogens (tertiary/aromatic N) is 1. The van der Waals surface area contributed by atoms with Crippen molar-refractivity contribution in [1.29, 1.82) is 0 Å². The van der Waals surface area contributed by atoms with Crippen molar-refractivity contribution in [3.05, 3.63) is 16.6 Å². The summed E-state index contributed by atoms with van der Waals surface area (Å²) in [5.74, 6) is 0. The van der Waals surface area contributed by atoms with Crippen LogP contribution in [0.2, 0.25) is 0 Å². The van der Waals surface area contributed by atoms with Crippen molar-refractivity contribution in [2.75, 3.05) is 13.1 Å². The molecule has 2 N–H and O–H groups in total. The van der Waals surface area contributed by atoms with Crippen molar-refractivity contribution >= 4 is 11.3 Å². The van der Waals surface area contributed by atoms with Crippen LogP contribution < -0.4 is 10.6 Å². The van der Waals surface area contributed by atoms with Crippen LogP contribution in [0.25, 0.3) is 0 Å². The van der Waals surface area contributed by atoms with E-state index in [0.717, 1.165) is 19.5 Å². The molecule has 1 atom stereocenters. The predicted octanol–water partition coefficient (Wildman–Crippen LogP) is 2.18. The monoisotopic (exact) mass is 227 g/mol. The van der Waals surface area contributed by atoms with E-state index in [1.165, 1.54) is 5.01 Å². The largest absolute Gasteiger partial charge is 0.313 e. The fourth-order valence-electron chi connectivity index (χ4n) is 1.42. The molecule has 0 saturated heterocycles. The van der Waals surface area contributed by atoms with Gasteiger partial charge in [-0.3, -0.25) is 0 Å². The molecule has 86 valence electrons. The molecule has 0 spiro atoms. The van der Waals surface area contributed by atoms with Gasteiger partial charge in [-0.05, 0) is 6.42 Å². The summed E-state index contributed by atoms with van der Waals surface area (Å²) in [5.41, 5.74) is 0. The number of nitrogens with one attached hydrogen (secondary N) is 2. The van der Waals surface area contributed by atoms with E-state index < -0.39 is 0 Å². The van der Waals surface area contributed by atoms with Crippen LogP contribution in [0.15, 0.2) is 11.6 Å². The van der Waals surface area contributed by atoms with E-state index in [4.69, 9.17) is 0 Å². The van der Waals surface area contributed by atoms with Gasteiger partial charge in [0, 0.05) is 30.7 Å². The van der Waals surface area contributed by atoms with E-state index in [9.17, 15) is 0 Å². The highest BCUT2D eigenvalue weighted by atomic mass is 32.1. The minimum absolute atomic E-state index is 0.416. The maximum absolute atomic E-state index is 4.34. The fourth-order valence-corrected chi connectivity index (χ4v) is 2.22. The number of thiazole rings is 1. The third kappa shape index (κ3) is 4.73. The van der Waals surface area contributed by atoms with Gasteiger partial charge < -0.3 is 10.6 Å². The van der Waals surface area contributed by atoms with E-state index in [1.54, 1.807) is 11.3 Å². The summed E-state index contributed by atoms with van der Waals surface area (Å²) in [7, 11) is 0. The van der Waals surface area contributed by atoms with Crippen molar-refractivity contribution in [2.45, 2.75) is 39.3 Å².